The number of ether oxygens (including phenoxy) is 1. The van der Waals surface area contributed by atoms with Gasteiger partial charge in [0.05, 0.1) is 0 Å². The molecule has 0 atom stereocenters. The van der Waals surface area contributed by atoms with Gasteiger partial charge in [-0.25, -0.2) is 0 Å². The van der Waals surface area contributed by atoms with Crippen molar-refractivity contribution in [2.75, 3.05) is 0 Å². The second-order valence-corrected chi connectivity index (χ2v) is 3.85. The summed E-state index contributed by atoms with van der Waals surface area (Å²) >= 11 is 0. The molecular weight excluding hydrogens is 204 g/mol. The van der Waals surface area contributed by atoms with Crippen molar-refractivity contribution < 1.29 is 14.9 Å². The Morgan fingerprint density at radius 1 is 1.38 bits per heavy atom. The van der Waals surface area contributed by atoms with E-state index in [-0.39, 0.29) is 5.57 Å². The lowest BCUT2D eigenvalue weighted by molar-refractivity contribution is -0.262. The lowest BCUT2D eigenvalue weighted by atomic mass is 10.1. The van der Waals surface area contributed by atoms with Crippen LogP contribution in [0.5, 0.6) is 5.75 Å². The summed E-state index contributed by atoms with van der Waals surface area (Å²) in [5.74, 6) is -1.82. The van der Waals surface area contributed by atoms with Crippen LogP contribution in [-0.4, -0.2) is 16.2 Å². The SMILES string of the molecule is C=C(C)C(O)(O)Oc1ccccc1CCC. The van der Waals surface area contributed by atoms with Gasteiger partial charge in [-0.2, -0.15) is 0 Å². The molecule has 0 saturated carbocycles. The first-order valence-electron chi connectivity index (χ1n) is 5.35. The summed E-state index contributed by atoms with van der Waals surface area (Å²) in [7, 11) is 0. The summed E-state index contributed by atoms with van der Waals surface area (Å²) < 4.78 is 5.16. The van der Waals surface area contributed by atoms with Crippen molar-refractivity contribution in [3.05, 3.63) is 42.0 Å². The monoisotopic (exact) mass is 222 g/mol. The minimum absolute atomic E-state index is 0.152. The largest absolute Gasteiger partial charge is 0.436 e. The number of hydrogen-bond donors (Lipinski definition) is 2. The molecule has 0 aliphatic carbocycles. The predicted molar refractivity (Wildman–Crippen MR) is 63.0 cm³/mol. The molecule has 0 aliphatic rings. The van der Waals surface area contributed by atoms with Gasteiger partial charge in [-0.15, -0.1) is 0 Å². The van der Waals surface area contributed by atoms with Gasteiger partial charge < -0.3 is 14.9 Å². The van der Waals surface area contributed by atoms with E-state index in [0.29, 0.717) is 5.75 Å². The van der Waals surface area contributed by atoms with E-state index < -0.39 is 5.97 Å². The highest BCUT2D eigenvalue weighted by molar-refractivity contribution is 5.34. The molecule has 0 fully saturated rings. The second-order valence-electron chi connectivity index (χ2n) is 3.85. The van der Waals surface area contributed by atoms with Crippen LogP contribution in [0.4, 0.5) is 0 Å². The van der Waals surface area contributed by atoms with E-state index in [0.717, 1.165) is 18.4 Å². The zero-order valence-electron chi connectivity index (χ0n) is 9.73. The normalized spacial score (nSPS) is 11.2. The second kappa shape index (κ2) is 5.14. The number of benzene rings is 1. The molecule has 2 N–H and O–H groups in total. The summed E-state index contributed by atoms with van der Waals surface area (Å²) in [6.45, 7) is 7.03. The van der Waals surface area contributed by atoms with E-state index in [4.69, 9.17) is 4.74 Å². The first kappa shape index (κ1) is 12.7. The fourth-order valence-electron chi connectivity index (χ4n) is 1.32. The lowest BCUT2D eigenvalue weighted by Crippen LogP contribution is -2.36. The molecule has 0 radical (unpaired) electrons. The fourth-order valence-corrected chi connectivity index (χ4v) is 1.32. The van der Waals surface area contributed by atoms with E-state index in [1.807, 2.05) is 12.1 Å². The molecule has 3 nitrogen and oxygen atoms in total. The number of hydrogen-bond acceptors (Lipinski definition) is 3. The Labute approximate surface area is 96.0 Å². The molecule has 0 aliphatic heterocycles. The molecule has 0 unspecified atom stereocenters. The minimum atomic E-state index is -2.30. The standard InChI is InChI=1S/C13H18O3/c1-4-7-11-8-5-6-9-12(11)16-13(14,15)10(2)3/h5-6,8-9,14-15H,2,4,7H2,1,3H3. The van der Waals surface area contributed by atoms with Gasteiger partial charge in [0, 0.05) is 5.57 Å². The average Bonchev–Trinajstić information content (AvgIpc) is 2.20. The van der Waals surface area contributed by atoms with Gasteiger partial charge >= 0.3 is 5.97 Å². The Morgan fingerprint density at radius 2 is 2.00 bits per heavy atom. The van der Waals surface area contributed by atoms with Crippen LogP contribution in [0.2, 0.25) is 0 Å². The van der Waals surface area contributed by atoms with Crippen LogP contribution in [0.3, 0.4) is 0 Å². The molecule has 0 heterocycles. The van der Waals surface area contributed by atoms with Gasteiger partial charge in [0.15, 0.2) is 0 Å². The highest BCUT2D eigenvalue weighted by Crippen LogP contribution is 2.24. The van der Waals surface area contributed by atoms with Crippen LogP contribution in [0, 0.1) is 0 Å². The van der Waals surface area contributed by atoms with Crippen LogP contribution in [0.25, 0.3) is 0 Å². The number of rotatable bonds is 5. The lowest BCUT2D eigenvalue weighted by Gasteiger charge is -2.24. The summed E-state index contributed by atoms with van der Waals surface area (Å²) in [6, 6.07) is 7.32. The van der Waals surface area contributed by atoms with Crippen molar-refractivity contribution in [1.29, 1.82) is 0 Å². The van der Waals surface area contributed by atoms with E-state index in [9.17, 15) is 10.2 Å². The summed E-state index contributed by atoms with van der Waals surface area (Å²) in [6.07, 6.45) is 1.81. The number of aliphatic hydroxyl groups is 2. The third-order valence-electron chi connectivity index (χ3n) is 2.30. The van der Waals surface area contributed by atoms with Gasteiger partial charge in [-0.3, -0.25) is 0 Å². The van der Waals surface area contributed by atoms with Crippen molar-refractivity contribution in [1.82, 2.24) is 0 Å². The van der Waals surface area contributed by atoms with Crippen molar-refractivity contribution in [2.45, 2.75) is 32.7 Å². The molecule has 0 aromatic heterocycles. The Morgan fingerprint density at radius 3 is 2.56 bits per heavy atom. The number of aryl methyl sites for hydroxylation is 1. The van der Waals surface area contributed by atoms with E-state index in [2.05, 4.69) is 13.5 Å². The van der Waals surface area contributed by atoms with Crippen LogP contribution in [0.15, 0.2) is 36.4 Å². The molecule has 16 heavy (non-hydrogen) atoms. The predicted octanol–water partition coefficient (Wildman–Crippen LogP) is 2.23. The zero-order chi connectivity index (χ0) is 12.2. The maximum atomic E-state index is 9.57. The van der Waals surface area contributed by atoms with Crippen molar-refractivity contribution in [3.63, 3.8) is 0 Å². The van der Waals surface area contributed by atoms with Gasteiger partial charge in [-0.1, -0.05) is 38.1 Å². The number of para-hydroxylation sites is 1. The quantitative estimate of drug-likeness (QED) is 0.593. The van der Waals surface area contributed by atoms with Crippen LogP contribution in [-0.2, 0) is 6.42 Å². The van der Waals surface area contributed by atoms with Crippen LogP contribution in [0.1, 0.15) is 25.8 Å². The molecule has 0 saturated heterocycles. The molecule has 1 rings (SSSR count). The first-order valence-corrected chi connectivity index (χ1v) is 5.35. The van der Waals surface area contributed by atoms with Gasteiger partial charge in [0.25, 0.3) is 0 Å². The molecule has 1 aromatic carbocycles. The molecule has 0 bridgehead atoms. The van der Waals surface area contributed by atoms with Gasteiger partial charge in [-0.05, 0) is 25.0 Å². The maximum absolute atomic E-state index is 9.57. The maximum Gasteiger partial charge on any atom is 0.346 e. The molecule has 3 heteroatoms. The van der Waals surface area contributed by atoms with Crippen LogP contribution < -0.4 is 4.74 Å². The third kappa shape index (κ3) is 3.08. The fraction of sp³-hybridized carbons (Fsp3) is 0.385. The zero-order valence-corrected chi connectivity index (χ0v) is 9.73. The third-order valence-corrected chi connectivity index (χ3v) is 2.30. The summed E-state index contributed by atoms with van der Waals surface area (Å²) in [5, 5.41) is 19.1. The van der Waals surface area contributed by atoms with E-state index >= 15 is 0 Å². The Hall–Kier alpha value is -1.32. The van der Waals surface area contributed by atoms with Gasteiger partial charge in [0.1, 0.15) is 5.75 Å². The molecule has 0 spiro atoms. The van der Waals surface area contributed by atoms with Gasteiger partial charge in [0.2, 0.25) is 0 Å². The molecule has 1 aromatic rings. The Bertz CT molecular complexity index is 369. The van der Waals surface area contributed by atoms with E-state index in [1.54, 1.807) is 12.1 Å². The molecular formula is C13H18O3. The topological polar surface area (TPSA) is 49.7 Å². The average molecular weight is 222 g/mol. The van der Waals surface area contributed by atoms with E-state index in [1.165, 1.54) is 6.92 Å². The smallest absolute Gasteiger partial charge is 0.346 e. The molecule has 0 amide bonds. The van der Waals surface area contributed by atoms with Crippen molar-refractivity contribution in [3.8, 4) is 5.75 Å². The Kier molecular flexibility index (Phi) is 4.10. The van der Waals surface area contributed by atoms with Crippen molar-refractivity contribution in [2.24, 2.45) is 0 Å². The van der Waals surface area contributed by atoms with Crippen LogP contribution >= 0.6 is 0 Å². The minimum Gasteiger partial charge on any atom is -0.436 e. The molecule has 88 valence electrons. The summed E-state index contributed by atoms with van der Waals surface area (Å²) in [4.78, 5) is 0. The highest BCUT2D eigenvalue weighted by atomic mass is 16.8. The highest BCUT2D eigenvalue weighted by Gasteiger charge is 2.27. The Balaban J connectivity index is 2.92. The van der Waals surface area contributed by atoms with Crippen molar-refractivity contribution >= 4 is 0 Å². The summed E-state index contributed by atoms with van der Waals surface area (Å²) in [5.41, 5.74) is 1.11. The first-order chi connectivity index (χ1) is 7.47.